The normalized spacial score (nSPS) is 18.9. The van der Waals surface area contributed by atoms with E-state index in [1.54, 1.807) is 0 Å². The van der Waals surface area contributed by atoms with Gasteiger partial charge in [0.1, 0.15) is 0 Å². The smallest absolute Gasteiger partial charge is 0.304 e. The fraction of sp³-hybridized carbons (Fsp3) is 0.500. The van der Waals surface area contributed by atoms with Gasteiger partial charge in [0.15, 0.2) is 0 Å². The Labute approximate surface area is 110 Å². The monoisotopic (exact) mass is 296 g/mol. The Balaban J connectivity index is 2.35. The van der Waals surface area contributed by atoms with E-state index < -0.39 is 5.97 Å². The number of hydrogen-bond donors (Lipinski definition) is 1. The zero-order valence-corrected chi connectivity index (χ0v) is 11.4. The van der Waals surface area contributed by atoms with Gasteiger partial charge in [0.2, 0.25) is 0 Å². The highest BCUT2D eigenvalue weighted by atomic mass is 79.9. The lowest BCUT2D eigenvalue weighted by Crippen LogP contribution is -2.31. The van der Waals surface area contributed by atoms with E-state index in [0.29, 0.717) is 0 Å². The molecule has 1 N–H and O–H groups in total. The van der Waals surface area contributed by atoms with Gasteiger partial charge < -0.3 is 5.11 Å². The summed E-state index contributed by atoms with van der Waals surface area (Å²) in [5.41, 5.74) is 1.03. The number of benzene rings is 1. The largest absolute Gasteiger partial charge is 0.481 e. The van der Waals surface area contributed by atoms with Gasteiger partial charge in [0, 0.05) is 9.89 Å². The van der Waals surface area contributed by atoms with E-state index in [-0.39, 0.29) is 11.8 Å². The summed E-state index contributed by atoms with van der Waals surface area (Å²) in [4.78, 5) is 11.1. The number of carboxylic acid groups (broad SMARTS) is 1. The molecular formula is C14H17BrO2. The zero-order valence-electron chi connectivity index (χ0n) is 9.79. The van der Waals surface area contributed by atoms with Crippen LogP contribution in [0.4, 0.5) is 0 Å². The van der Waals surface area contributed by atoms with Crippen molar-refractivity contribution in [3.63, 3.8) is 0 Å². The van der Waals surface area contributed by atoms with E-state index in [4.69, 9.17) is 5.11 Å². The van der Waals surface area contributed by atoms with Crippen molar-refractivity contribution in [2.24, 2.45) is 0 Å². The molecule has 0 bridgehead atoms. The third-order valence-electron chi connectivity index (χ3n) is 3.74. The van der Waals surface area contributed by atoms with Crippen LogP contribution in [0.2, 0.25) is 0 Å². The molecule has 2 rings (SSSR count). The molecule has 0 spiro atoms. The minimum atomic E-state index is -0.688. The second kappa shape index (κ2) is 5.21. The van der Waals surface area contributed by atoms with Crippen LogP contribution < -0.4 is 0 Å². The van der Waals surface area contributed by atoms with Gasteiger partial charge in [0.25, 0.3) is 0 Å². The Morgan fingerprint density at radius 3 is 2.59 bits per heavy atom. The fourth-order valence-electron chi connectivity index (χ4n) is 2.90. The maximum absolute atomic E-state index is 11.1. The highest BCUT2D eigenvalue weighted by Gasteiger charge is 2.36. The van der Waals surface area contributed by atoms with E-state index in [1.165, 1.54) is 12.0 Å². The van der Waals surface area contributed by atoms with E-state index in [2.05, 4.69) is 28.1 Å². The van der Waals surface area contributed by atoms with Gasteiger partial charge in [-0.3, -0.25) is 4.79 Å². The molecule has 1 fully saturated rings. The molecule has 0 atom stereocenters. The zero-order chi connectivity index (χ0) is 12.3. The van der Waals surface area contributed by atoms with Gasteiger partial charge in [-0.15, -0.1) is 0 Å². The summed E-state index contributed by atoms with van der Waals surface area (Å²) in [7, 11) is 0. The molecule has 0 saturated heterocycles. The molecule has 0 aliphatic heterocycles. The summed E-state index contributed by atoms with van der Waals surface area (Å²) >= 11 is 3.47. The summed E-state index contributed by atoms with van der Waals surface area (Å²) in [6.07, 6.45) is 5.75. The number of halogens is 1. The predicted octanol–water partition coefficient (Wildman–Crippen LogP) is 4.13. The number of carbonyl (C=O) groups is 1. The first-order chi connectivity index (χ1) is 8.12. The van der Waals surface area contributed by atoms with Crippen LogP contribution in [0.15, 0.2) is 28.7 Å². The second-order valence-electron chi connectivity index (χ2n) is 4.92. The van der Waals surface area contributed by atoms with Gasteiger partial charge in [-0.1, -0.05) is 47.3 Å². The van der Waals surface area contributed by atoms with Crippen LogP contribution in [0.3, 0.4) is 0 Å². The molecule has 1 aliphatic carbocycles. The summed E-state index contributed by atoms with van der Waals surface area (Å²) < 4.78 is 1.03. The Bertz CT molecular complexity index is 408. The molecule has 0 radical (unpaired) electrons. The van der Waals surface area contributed by atoms with Crippen molar-refractivity contribution < 1.29 is 9.90 Å². The lowest BCUT2D eigenvalue weighted by molar-refractivity contribution is -0.138. The molecule has 0 heterocycles. The maximum atomic E-state index is 11.1. The fourth-order valence-corrected chi connectivity index (χ4v) is 3.30. The van der Waals surface area contributed by atoms with Gasteiger partial charge in [-0.25, -0.2) is 0 Å². The predicted molar refractivity (Wildman–Crippen MR) is 71.2 cm³/mol. The van der Waals surface area contributed by atoms with Crippen molar-refractivity contribution in [2.75, 3.05) is 0 Å². The molecular weight excluding hydrogens is 280 g/mol. The third kappa shape index (κ3) is 2.89. The van der Waals surface area contributed by atoms with Crippen molar-refractivity contribution in [3.8, 4) is 0 Å². The Morgan fingerprint density at radius 1 is 1.29 bits per heavy atom. The quantitative estimate of drug-likeness (QED) is 0.911. The molecule has 0 aromatic heterocycles. The standard InChI is InChI=1S/C14H17BrO2/c15-12-6-4-5-11(9-12)14(10-13(16)17)7-2-1-3-8-14/h4-6,9H,1-3,7-8,10H2,(H,16,17). The average Bonchev–Trinajstić information content (AvgIpc) is 2.29. The van der Waals surface area contributed by atoms with Crippen LogP contribution in [0.1, 0.15) is 44.1 Å². The molecule has 3 heteroatoms. The van der Waals surface area contributed by atoms with Crippen molar-refractivity contribution in [2.45, 2.75) is 43.9 Å². The van der Waals surface area contributed by atoms with Gasteiger partial charge >= 0.3 is 5.97 Å². The first-order valence-electron chi connectivity index (χ1n) is 6.10. The van der Waals surface area contributed by atoms with Gasteiger partial charge in [-0.05, 0) is 30.5 Å². The van der Waals surface area contributed by atoms with Gasteiger partial charge in [0.05, 0.1) is 6.42 Å². The molecule has 1 aromatic rings. The van der Waals surface area contributed by atoms with Crippen LogP contribution >= 0.6 is 15.9 Å². The van der Waals surface area contributed by atoms with E-state index in [1.807, 2.05) is 12.1 Å². The van der Waals surface area contributed by atoms with Crippen molar-refractivity contribution in [1.29, 1.82) is 0 Å². The summed E-state index contributed by atoms with van der Waals surface area (Å²) in [5, 5.41) is 9.15. The van der Waals surface area contributed by atoms with E-state index in [0.717, 1.165) is 30.2 Å². The SMILES string of the molecule is O=C(O)CC1(c2cccc(Br)c2)CCCCC1. The summed E-state index contributed by atoms with van der Waals surface area (Å²) in [5.74, 6) is -0.688. The summed E-state index contributed by atoms with van der Waals surface area (Å²) in [6.45, 7) is 0. The topological polar surface area (TPSA) is 37.3 Å². The Kier molecular flexibility index (Phi) is 3.87. The molecule has 0 amide bonds. The highest BCUT2D eigenvalue weighted by molar-refractivity contribution is 9.10. The lowest BCUT2D eigenvalue weighted by atomic mass is 9.67. The van der Waals surface area contributed by atoms with Crippen molar-refractivity contribution in [3.05, 3.63) is 34.3 Å². The molecule has 17 heavy (non-hydrogen) atoms. The Morgan fingerprint density at radius 2 is 2.00 bits per heavy atom. The Hall–Kier alpha value is -0.830. The number of carboxylic acids is 1. The first kappa shape index (κ1) is 12.6. The minimum Gasteiger partial charge on any atom is -0.481 e. The second-order valence-corrected chi connectivity index (χ2v) is 5.84. The number of aliphatic carboxylic acids is 1. The molecule has 92 valence electrons. The number of hydrogen-bond acceptors (Lipinski definition) is 1. The van der Waals surface area contributed by atoms with E-state index in [9.17, 15) is 4.79 Å². The maximum Gasteiger partial charge on any atom is 0.304 e. The first-order valence-corrected chi connectivity index (χ1v) is 6.90. The number of rotatable bonds is 3. The minimum absolute atomic E-state index is 0.145. The van der Waals surface area contributed by atoms with Crippen LogP contribution in [0.5, 0.6) is 0 Å². The molecule has 1 aliphatic rings. The van der Waals surface area contributed by atoms with Crippen molar-refractivity contribution in [1.82, 2.24) is 0 Å². The average molecular weight is 297 g/mol. The lowest BCUT2D eigenvalue weighted by Gasteiger charge is -2.36. The van der Waals surface area contributed by atoms with Crippen LogP contribution in [-0.2, 0) is 10.2 Å². The van der Waals surface area contributed by atoms with E-state index >= 15 is 0 Å². The highest BCUT2D eigenvalue weighted by Crippen LogP contribution is 2.42. The van der Waals surface area contributed by atoms with Crippen LogP contribution in [0.25, 0.3) is 0 Å². The molecule has 1 aromatic carbocycles. The van der Waals surface area contributed by atoms with Gasteiger partial charge in [-0.2, -0.15) is 0 Å². The molecule has 0 unspecified atom stereocenters. The van der Waals surface area contributed by atoms with Crippen molar-refractivity contribution >= 4 is 21.9 Å². The summed E-state index contributed by atoms with van der Waals surface area (Å²) in [6, 6.07) is 8.13. The third-order valence-corrected chi connectivity index (χ3v) is 4.23. The molecule has 2 nitrogen and oxygen atoms in total. The van der Waals surface area contributed by atoms with Crippen LogP contribution in [-0.4, -0.2) is 11.1 Å². The molecule has 1 saturated carbocycles. The van der Waals surface area contributed by atoms with Crippen LogP contribution in [0, 0.1) is 0 Å².